The molecule has 0 bridgehead atoms. The van der Waals surface area contributed by atoms with Gasteiger partial charge in [0, 0.05) is 5.69 Å². The van der Waals surface area contributed by atoms with Crippen LogP contribution in [0.1, 0.15) is 30.0 Å². The van der Waals surface area contributed by atoms with Crippen molar-refractivity contribution in [2.45, 2.75) is 36.4 Å². The molecule has 0 aromatic heterocycles. The van der Waals surface area contributed by atoms with Crippen molar-refractivity contribution in [3.05, 3.63) is 53.1 Å². The summed E-state index contributed by atoms with van der Waals surface area (Å²) in [7, 11) is -8.33. The predicted octanol–water partition coefficient (Wildman–Crippen LogP) is 0.785. The zero-order valence-corrected chi connectivity index (χ0v) is 17.1. The fraction of sp³-hybridized carbons (Fsp3) is 0.333. The molecule has 0 radical (unpaired) electrons. The summed E-state index contributed by atoms with van der Waals surface area (Å²) < 4.78 is 55.7. The Morgan fingerprint density at radius 2 is 1.86 bits per heavy atom. The molecule has 1 aliphatic rings. The van der Waals surface area contributed by atoms with Crippen LogP contribution in [-0.2, 0) is 42.4 Å². The van der Waals surface area contributed by atoms with Crippen molar-refractivity contribution in [2.75, 3.05) is 11.5 Å². The zero-order valence-electron chi connectivity index (χ0n) is 15.5. The van der Waals surface area contributed by atoms with Crippen LogP contribution in [0, 0.1) is 0 Å². The predicted molar refractivity (Wildman–Crippen MR) is 108 cm³/mol. The van der Waals surface area contributed by atoms with Crippen molar-refractivity contribution < 1.29 is 26.5 Å². The van der Waals surface area contributed by atoms with Crippen LogP contribution < -0.4 is 11.2 Å². The van der Waals surface area contributed by atoms with E-state index in [1.807, 2.05) is 0 Å². The van der Waals surface area contributed by atoms with Gasteiger partial charge >= 0.3 is 7.12 Å². The van der Waals surface area contributed by atoms with Gasteiger partial charge in [0.05, 0.1) is 28.8 Å². The van der Waals surface area contributed by atoms with Crippen LogP contribution in [0.15, 0.2) is 41.3 Å². The van der Waals surface area contributed by atoms with Crippen molar-refractivity contribution in [3.63, 3.8) is 0 Å². The largest absolute Gasteiger partial charge is 0.491 e. The minimum Gasteiger partial charge on any atom is -0.423 e. The number of nitrogen functional groups attached to an aromatic ring is 1. The van der Waals surface area contributed by atoms with E-state index in [1.54, 1.807) is 25.1 Å². The molecule has 2 aromatic carbocycles. The molecule has 0 saturated carbocycles. The highest BCUT2D eigenvalue weighted by Gasteiger charge is 2.28. The molecule has 3 rings (SSSR count). The van der Waals surface area contributed by atoms with E-state index in [4.69, 9.17) is 10.4 Å². The lowest BCUT2D eigenvalue weighted by molar-refractivity contribution is 0.275. The normalized spacial score (nSPS) is 14.3. The summed E-state index contributed by atoms with van der Waals surface area (Å²) in [4.78, 5) is -0.0429. The van der Waals surface area contributed by atoms with Crippen molar-refractivity contribution in [1.29, 1.82) is 0 Å². The first-order valence-corrected chi connectivity index (χ1v) is 12.3. The first-order valence-electron chi connectivity index (χ1n) is 8.84. The SMILES string of the molecule is CCCS(=O)(=O)Cc1cc(N)ccc1S(=O)(=O)Cc1ccc2c(c1)B(O)OC2. The second-order valence-corrected chi connectivity index (χ2v) is 11.1. The topological polar surface area (TPSA) is 124 Å². The van der Waals surface area contributed by atoms with Gasteiger partial charge in [0.15, 0.2) is 19.7 Å². The molecule has 1 aliphatic heterocycles. The van der Waals surface area contributed by atoms with Crippen molar-refractivity contribution in [3.8, 4) is 0 Å². The van der Waals surface area contributed by atoms with Gasteiger partial charge in [-0.3, -0.25) is 0 Å². The van der Waals surface area contributed by atoms with Gasteiger partial charge in [0.1, 0.15) is 0 Å². The maximum atomic E-state index is 13.0. The lowest BCUT2D eigenvalue weighted by Gasteiger charge is -2.13. The van der Waals surface area contributed by atoms with Crippen LogP contribution in [0.5, 0.6) is 0 Å². The Labute approximate surface area is 165 Å². The highest BCUT2D eigenvalue weighted by molar-refractivity contribution is 7.91. The zero-order chi connectivity index (χ0) is 20.5. The maximum Gasteiger partial charge on any atom is 0.491 e. The van der Waals surface area contributed by atoms with Crippen LogP contribution in [0.2, 0.25) is 0 Å². The molecule has 0 amide bonds. The summed E-state index contributed by atoms with van der Waals surface area (Å²) in [5, 5.41) is 9.82. The highest BCUT2D eigenvalue weighted by atomic mass is 32.2. The van der Waals surface area contributed by atoms with Gasteiger partial charge in [-0.25, -0.2) is 16.8 Å². The number of rotatable bonds is 7. The standard InChI is InChI=1S/C18H22BNO6S2/c1-2-7-27(22,23)12-15-9-16(20)5-6-18(15)28(24,25)11-13-3-4-14-10-26-19(21)17(14)8-13/h3-6,8-9,21H,2,7,10-12,20H2,1H3. The molecule has 28 heavy (non-hydrogen) atoms. The van der Waals surface area contributed by atoms with Crippen LogP contribution in [0.4, 0.5) is 5.69 Å². The molecule has 0 fully saturated rings. The molecule has 0 unspecified atom stereocenters. The maximum absolute atomic E-state index is 13.0. The number of nitrogens with two attached hydrogens (primary N) is 1. The van der Waals surface area contributed by atoms with Crippen LogP contribution in [-0.4, -0.2) is 34.7 Å². The molecule has 1 heterocycles. The fourth-order valence-corrected chi connectivity index (χ4v) is 6.44. The summed E-state index contributed by atoms with van der Waals surface area (Å²) in [5.41, 5.74) is 8.10. The molecular formula is C18H22BNO6S2. The third kappa shape index (κ3) is 4.57. The second kappa shape index (κ2) is 7.86. The van der Waals surface area contributed by atoms with E-state index in [0.29, 0.717) is 23.1 Å². The summed E-state index contributed by atoms with van der Waals surface area (Å²) >= 11 is 0. The van der Waals surface area contributed by atoms with Gasteiger partial charge in [-0.05, 0) is 46.8 Å². The first-order chi connectivity index (χ1) is 13.1. The molecular weight excluding hydrogens is 401 g/mol. The highest BCUT2D eigenvalue weighted by Crippen LogP contribution is 2.25. The minimum atomic E-state index is -3.83. The monoisotopic (exact) mass is 423 g/mol. The number of anilines is 1. The molecule has 3 N–H and O–H groups in total. The van der Waals surface area contributed by atoms with E-state index in [2.05, 4.69) is 0 Å². The summed E-state index contributed by atoms with van der Waals surface area (Å²) in [5.74, 6) is -0.723. The Hall–Kier alpha value is -1.88. The third-order valence-corrected chi connectivity index (χ3v) is 8.10. The number of hydrogen-bond donors (Lipinski definition) is 2. The molecule has 0 saturated heterocycles. The smallest absolute Gasteiger partial charge is 0.423 e. The van der Waals surface area contributed by atoms with Crippen LogP contribution in [0.3, 0.4) is 0 Å². The lowest BCUT2D eigenvalue weighted by atomic mass is 9.79. The van der Waals surface area contributed by atoms with E-state index in [-0.39, 0.29) is 34.3 Å². The van der Waals surface area contributed by atoms with Gasteiger partial charge in [-0.15, -0.1) is 0 Å². The van der Waals surface area contributed by atoms with E-state index in [1.165, 1.54) is 18.2 Å². The number of sulfone groups is 2. The Kier molecular flexibility index (Phi) is 5.85. The summed E-state index contributed by atoms with van der Waals surface area (Å²) in [6.07, 6.45) is 0.451. The van der Waals surface area contributed by atoms with Gasteiger partial charge in [0.2, 0.25) is 0 Å². The van der Waals surface area contributed by atoms with E-state index in [9.17, 15) is 21.9 Å². The lowest BCUT2D eigenvalue weighted by Crippen LogP contribution is -2.28. The van der Waals surface area contributed by atoms with Gasteiger partial charge in [-0.2, -0.15) is 0 Å². The average molecular weight is 423 g/mol. The Bertz CT molecular complexity index is 1100. The van der Waals surface area contributed by atoms with Crippen LogP contribution in [0.25, 0.3) is 0 Å². The quantitative estimate of drug-likeness (QED) is 0.498. The van der Waals surface area contributed by atoms with Gasteiger partial charge < -0.3 is 15.4 Å². The fourth-order valence-electron chi connectivity index (χ4n) is 3.29. The van der Waals surface area contributed by atoms with E-state index >= 15 is 0 Å². The van der Waals surface area contributed by atoms with E-state index < -0.39 is 26.8 Å². The molecule has 0 spiro atoms. The minimum absolute atomic E-state index is 0.0238. The average Bonchev–Trinajstić information content (AvgIpc) is 2.94. The Balaban J connectivity index is 1.95. The Morgan fingerprint density at radius 3 is 2.57 bits per heavy atom. The number of fused-ring (bicyclic) bond motifs is 1. The van der Waals surface area contributed by atoms with Crippen molar-refractivity contribution >= 4 is 37.9 Å². The molecule has 7 nitrogen and oxygen atoms in total. The number of benzene rings is 2. The summed E-state index contributed by atoms with van der Waals surface area (Å²) in [6.45, 7) is 2.03. The van der Waals surface area contributed by atoms with Crippen molar-refractivity contribution in [2.24, 2.45) is 0 Å². The molecule has 0 aliphatic carbocycles. The molecule has 150 valence electrons. The molecule has 10 heteroatoms. The Morgan fingerprint density at radius 1 is 1.11 bits per heavy atom. The molecule has 2 aromatic rings. The van der Waals surface area contributed by atoms with Gasteiger partial charge in [0.25, 0.3) is 0 Å². The van der Waals surface area contributed by atoms with Crippen LogP contribution >= 0.6 is 0 Å². The van der Waals surface area contributed by atoms with Gasteiger partial charge in [-0.1, -0.05) is 25.1 Å². The van der Waals surface area contributed by atoms with Crippen molar-refractivity contribution in [1.82, 2.24) is 0 Å². The molecule has 0 atom stereocenters. The summed E-state index contributed by atoms with van der Waals surface area (Å²) in [6, 6.07) is 9.21. The van der Waals surface area contributed by atoms with E-state index in [0.717, 1.165) is 5.56 Å². The first kappa shape index (κ1) is 20.8. The second-order valence-electron chi connectivity index (χ2n) is 6.91. The third-order valence-electron chi connectivity index (χ3n) is 4.54. The number of hydrogen-bond acceptors (Lipinski definition) is 7.